The molecule has 0 aliphatic heterocycles. The SMILES string of the molecule is Cc1nnc(Oc2ccc(Cl)cc2Br)c(C(N)=S)c1C. The number of nitrogens with zero attached hydrogens (tertiary/aromatic N) is 2. The summed E-state index contributed by atoms with van der Waals surface area (Å²) in [6.45, 7) is 3.72. The molecule has 1 heterocycles. The van der Waals surface area contributed by atoms with Crippen molar-refractivity contribution < 1.29 is 4.74 Å². The zero-order chi connectivity index (χ0) is 14.9. The van der Waals surface area contributed by atoms with Gasteiger partial charge in [0.1, 0.15) is 10.7 Å². The number of ether oxygens (including phenoxy) is 1. The van der Waals surface area contributed by atoms with E-state index in [1.807, 2.05) is 13.8 Å². The molecule has 0 saturated carbocycles. The fraction of sp³-hybridized carbons (Fsp3) is 0.154. The van der Waals surface area contributed by atoms with Gasteiger partial charge < -0.3 is 10.5 Å². The summed E-state index contributed by atoms with van der Waals surface area (Å²) in [7, 11) is 0. The molecule has 7 heteroatoms. The number of aryl methyl sites for hydroxylation is 1. The van der Waals surface area contributed by atoms with Crippen molar-refractivity contribution in [2.24, 2.45) is 5.73 Å². The molecule has 0 aliphatic rings. The Morgan fingerprint density at radius 3 is 2.65 bits per heavy atom. The Kier molecular flexibility index (Phi) is 4.57. The van der Waals surface area contributed by atoms with Crippen molar-refractivity contribution in [3.63, 3.8) is 0 Å². The van der Waals surface area contributed by atoms with Crippen molar-refractivity contribution >= 4 is 44.7 Å². The van der Waals surface area contributed by atoms with Gasteiger partial charge >= 0.3 is 0 Å². The van der Waals surface area contributed by atoms with Gasteiger partial charge in [-0.15, -0.1) is 5.10 Å². The van der Waals surface area contributed by atoms with Crippen LogP contribution in [0.2, 0.25) is 5.02 Å². The number of halogens is 2. The van der Waals surface area contributed by atoms with Crippen LogP contribution in [0.15, 0.2) is 22.7 Å². The first-order valence-electron chi connectivity index (χ1n) is 5.66. The predicted molar refractivity (Wildman–Crippen MR) is 86.6 cm³/mol. The molecule has 104 valence electrons. The van der Waals surface area contributed by atoms with Gasteiger partial charge in [-0.25, -0.2) is 0 Å². The predicted octanol–water partition coefficient (Wildman–Crippen LogP) is 3.94. The number of hydrogen-bond donors (Lipinski definition) is 1. The van der Waals surface area contributed by atoms with Gasteiger partial charge in [-0.1, -0.05) is 23.8 Å². The monoisotopic (exact) mass is 371 g/mol. The average molecular weight is 373 g/mol. The van der Waals surface area contributed by atoms with Crippen LogP contribution in [0.25, 0.3) is 0 Å². The van der Waals surface area contributed by atoms with Gasteiger partial charge in [0.05, 0.1) is 15.7 Å². The summed E-state index contributed by atoms with van der Waals surface area (Å²) in [5.74, 6) is 0.841. The molecule has 20 heavy (non-hydrogen) atoms. The minimum absolute atomic E-state index is 0.223. The molecule has 4 nitrogen and oxygen atoms in total. The van der Waals surface area contributed by atoms with Crippen molar-refractivity contribution in [3.8, 4) is 11.6 Å². The van der Waals surface area contributed by atoms with Crippen LogP contribution in [0.4, 0.5) is 0 Å². The minimum atomic E-state index is 0.223. The van der Waals surface area contributed by atoms with Crippen LogP contribution < -0.4 is 10.5 Å². The summed E-state index contributed by atoms with van der Waals surface area (Å²) >= 11 is 14.3. The molecule has 0 fully saturated rings. The van der Waals surface area contributed by atoms with Crippen LogP contribution in [-0.2, 0) is 0 Å². The molecule has 0 bridgehead atoms. The lowest BCUT2D eigenvalue weighted by Crippen LogP contribution is -2.15. The Morgan fingerprint density at radius 2 is 2.05 bits per heavy atom. The Balaban J connectivity index is 2.48. The molecule has 0 aliphatic carbocycles. The lowest BCUT2D eigenvalue weighted by atomic mass is 10.1. The zero-order valence-electron chi connectivity index (χ0n) is 10.8. The highest BCUT2D eigenvalue weighted by atomic mass is 79.9. The number of rotatable bonds is 3. The van der Waals surface area contributed by atoms with Crippen molar-refractivity contribution in [1.29, 1.82) is 0 Å². The minimum Gasteiger partial charge on any atom is -0.436 e. The van der Waals surface area contributed by atoms with Crippen molar-refractivity contribution in [2.75, 3.05) is 0 Å². The Hall–Kier alpha value is -1.24. The maximum atomic E-state index is 5.89. The van der Waals surface area contributed by atoms with E-state index in [1.165, 1.54) is 0 Å². The highest BCUT2D eigenvalue weighted by Gasteiger charge is 2.16. The highest BCUT2D eigenvalue weighted by Crippen LogP contribution is 2.33. The summed E-state index contributed by atoms with van der Waals surface area (Å²) in [6.07, 6.45) is 0. The topological polar surface area (TPSA) is 61.0 Å². The van der Waals surface area contributed by atoms with E-state index in [0.717, 1.165) is 11.3 Å². The molecule has 0 atom stereocenters. The van der Waals surface area contributed by atoms with Crippen LogP contribution in [0, 0.1) is 13.8 Å². The van der Waals surface area contributed by atoms with E-state index in [0.29, 0.717) is 20.8 Å². The van der Waals surface area contributed by atoms with Crippen LogP contribution in [0.5, 0.6) is 11.6 Å². The molecule has 2 rings (SSSR count). The molecule has 2 N–H and O–H groups in total. The fourth-order valence-electron chi connectivity index (χ4n) is 1.61. The summed E-state index contributed by atoms with van der Waals surface area (Å²) in [4.78, 5) is 0.223. The van der Waals surface area contributed by atoms with Gasteiger partial charge in [-0.05, 0) is 53.5 Å². The van der Waals surface area contributed by atoms with E-state index < -0.39 is 0 Å². The van der Waals surface area contributed by atoms with Crippen molar-refractivity contribution in [2.45, 2.75) is 13.8 Å². The van der Waals surface area contributed by atoms with Gasteiger partial charge in [0.2, 0.25) is 5.88 Å². The molecular weight excluding hydrogens is 362 g/mol. The second-order valence-electron chi connectivity index (χ2n) is 4.13. The molecule has 1 aromatic carbocycles. The number of thiocarbonyl (C=S) groups is 1. The quantitative estimate of drug-likeness (QED) is 0.827. The molecule has 1 aromatic heterocycles. The Labute approximate surface area is 135 Å². The summed E-state index contributed by atoms with van der Waals surface area (Å²) in [5.41, 5.74) is 7.96. The second-order valence-corrected chi connectivity index (χ2v) is 5.86. The standard InChI is InChI=1S/C13H11BrClN3OS/c1-6-7(2)17-18-13(11(6)12(16)20)19-10-4-3-8(15)5-9(10)14/h3-5H,1-2H3,(H2,16,20). The molecular formula is C13H11BrClN3OS. The van der Waals surface area contributed by atoms with E-state index in [1.54, 1.807) is 18.2 Å². The Morgan fingerprint density at radius 1 is 1.35 bits per heavy atom. The van der Waals surface area contributed by atoms with Gasteiger partial charge in [0.15, 0.2) is 0 Å². The molecule has 2 aromatic rings. The number of benzene rings is 1. The first-order valence-corrected chi connectivity index (χ1v) is 7.24. The smallest absolute Gasteiger partial charge is 0.249 e. The van der Waals surface area contributed by atoms with Crippen molar-refractivity contribution in [3.05, 3.63) is 44.5 Å². The van der Waals surface area contributed by atoms with Gasteiger partial charge in [-0.3, -0.25) is 0 Å². The summed E-state index contributed by atoms with van der Waals surface area (Å²) < 4.78 is 6.45. The third-order valence-corrected chi connectivity index (χ3v) is 3.83. The van der Waals surface area contributed by atoms with E-state index in [4.69, 9.17) is 34.3 Å². The highest BCUT2D eigenvalue weighted by molar-refractivity contribution is 9.10. The Bertz CT molecular complexity index is 694. The van der Waals surface area contributed by atoms with Crippen LogP contribution in [0.3, 0.4) is 0 Å². The van der Waals surface area contributed by atoms with Gasteiger partial charge in [-0.2, -0.15) is 5.10 Å². The van der Waals surface area contributed by atoms with E-state index in [9.17, 15) is 0 Å². The van der Waals surface area contributed by atoms with Crippen LogP contribution in [0.1, 0.15) is 16.8 Å². The van der Waals surface area contributed by atoms with E-state index in [2.05, 4.69) is 26.1 Å². The zero-order valence-corrected chi connectivity index (χ0v) is 13.9. The van der Waals surface area contributed by atoms with Crippen LogP contribution in [-0.4, -0.2) is 15.2 Å². The van der Waals surface area contributed by atoms with Crippen LogP contribution >= 0.6 is 39.7 Å². The van der Waals surface area contributed by atoms with Gasteiger partial charge in [0.25, 0.3) is 0 Å². The third kappa shape index (κ3) is 3.08. The molecule has 0 saturated heterocycles. The summed E-state index contributed by atoms with van der Waals surface area (Å²) in [6, 6.07) is 5.18. The first-order chi connectivity index (χ1) is 9.40. The first kappa shape index (κ1) is 15.2. The third-order valence-electron chi connectivity index (χ3n) is 2.77. The lowest BCUT2D eigenvalue weighted by molar-refractivity contribution is 0.450. The maximum Gasteiger partial charge on any atom is 0.249 e. The average Bonchev–Trinajstić information content (AvgIpc) is 2.36. The molecule has 0 radical (unpaired) electrons. The molecule has 0 amide bonds. The number of aromatic nitrogens is 2. The molecule has 0 spiro atoms. The normalized spacial score (nSPS) is 10.4. The van der Waals surface area contributed by atoms with E-state index >= 15 is 0 Å². The largest absolute Gasteiger partial charge is 0.436 e. The van der Waals surface area contributed by atoms with Gasteiger partial charge in [0, 0.05) is 5.02 Å². The lowest BCUT2D eigenvalue weighted by Gasteiger charge is -2.13. The summed E-state index contributed by atoms with van der Waals surface area (Å²) in [5, 5.41) is 8.66. The maximum absolute atomic E-state index is 5.89. The number of hydrogen-bond acceptors (Lipinski definition) is 4. The van der Waals surface area contributed by atoms with E-state index in [-0.39, 0.29) is 10.9 Å². The van der Waals surface area contributed by atoms with Crippen molar-refractivity contribution in [1.82, 2.24) is 10.2 Å². The molecule has 0 unspecified atom stereocenters. The second kappa shape index (κ2) is 6.03. The fourth-order valence-corrected chi connectivity index (χ4v) is 2.61. The number of nitrogens with two attached hydrogens (primary N) is 1.